The Morgan fingerprint density at radius 2 is 1.43 bits per heavy atom. The molecule has 87 valence electrons. The molecule has 0 aliphatic carbocycles. The van der Waals surface area contributed by atoms with Crippen molar-refractivity contribution in [2.24, 2.45) is 0 Å². The molecule has 0 saturated carbocycles. The molecule has 2 nitrogen and oxygen atoms in total. The largest absolute Gasteiger partial charge is 0.481 e. The van der Waals surface area contributed by atoms with Gasteiger partial charge in [-0.05, 0) is 6.42 Å². The summed E-state index contributed by atoms with van der Waals surface area (Å²) in [6.07, 6.45) is 8.64. The number of aliphatic carboxylic acids is 1. The molecule has 0 aromatic rings. The van der Waals surface area contributed by atoms with Gasteiger partial charge in [0.05, 0.1) is 8.41 Å². The zero-order valence-corrected chi connectivity index (χ0v) is 9.39. The maximum absolute atomic E-state index is 10.1. The second kappa shape index (κ2) is 15.5. The van der Waals surface area contributed by atoms with Crippen LogP contribution in [0.5, 0.6) is 0 Å². The summed E-state index contributed by atoms with van der Waals surface area (Å²) in [4.78, 5) is 10.1. The molecule has 0 aliphatic rings. The van der Waals surface area contributed by atoms with Crippen molar-refractivity contribution in [3.8, 4) is 0 Å². The molecule has 4 heteroatoms. The van der Waals surface area contributed by atoms with Crippen molar-refractivity contribution in [2.75, 3.05) is 0 Å². The molecule has 1 N–H and O–H groups in total. The normalized spacial score (nSPS) is 8.64. The van der Waals surface area contributed by atoms with Gasteiger partial charge in [0.1, 0.15) is 0 Å². The van der Waals surface area contributed by atoms with Crippen LogP contribution in [0.4, 0.5) is 0 Å². The van der Waals surface area contributed by atoms with Crippen molar-refractivity contribution in [3.05, 3.63) is 0 Å². The molecular formula is C10H23BCoO2. The van der Waals surface area contributed by atoms with Gasteiger partial charge in [0.2, 0.25) is 0 Å². The second-order valence-corrected chi connectivity index (χ2v) is 3.27. The SMILES string of the molecule is B.CCCCCCCCCC(=O)O.[Co]. The molecule has 0 fully saturated rings. The first-order valence-electron chi connectivity index (χ1n) is 4.99. The molecule has 0 rings (SSSR count). The van der Waals surface area contributed by atoms with Crippen LogP contribution in [0.2, 0.25) is 0 Å². The van der Waals surface area contributed by atoms with Crippen LogP contribution in [0.25, 0.3) is 0 Å². The maximum atomic E-state index is 10.1. The molecular weight excluding hydrogens is 222 g/mol. The van der Waals surface area contributed by atoms with Crippen LogP contribution in [0.1, 0.15) is 58.3 Å². The molecule has 0 bridgehead atoms. The van der Waals surface area contributed by atoms with E-state index in [1.165, 1.54) is 32.1 Å². The van der Waals surface area contributed by atoms with Crippen molar-refractivity contribution >= 4 is 14.4 Å². The maximum Gasteiger partial charge on any atom is 0.303 e. The van der Waals surface area contributed by atoms with Gasteiger partial charge in [-0.15, -0.1) is 0 Å². The summed E-state index contributed by atoms with van der Waals surface area (Å²) in [7, 11) is 0. The van der Waals surface area contributed by atoms with E-state index >= 15 is 0 Å². The first kappa shape index (κ1) is 19.6. The predicted octanol–water partition coefficient (Wildman–Crippen LogP) is 2.03. The van der Waals surface area contributed by atoms with Gasteiger partial charge in [-0.1, -0.05) is 45.4 Å². The summed E-state index contributed by atoms with van der Waals surface area (Å²) in [5.41, 5.74) is 0. The minimum atomic E-state index is -0.663. The number of hydrogen-bond acceptors (Lipinski definition) is 1. The quantitative estimate of drug-likeness (QED) is 0.524. The molecule has 0 spiro atoms. The molecule has 0 aromatic carbocycles. The smallest absolute Gasteiger partial charge is 0.303 e. The molecule has 0 aromatic heterocycles. The van der Waals surface area contributed by atoms with E-state index in [0.717, 1.165) is 12.8 Å². The summed E-state index contributed by atoms with van der Waals surface area (Å²) in [6, 6.07) is 0. The van der Waals surface area contributed by atoms with Gasteiger partial charge in [0.15, 0.2) is 0 Å². The van der Waals surface area contributed by atoms with E-state index in [1.54, 1.807) is 0 Å². The fourth-order valence-corrected chi connectivity index (χ4v) is 1.23. The van der Waals surface area contributed by atoms with Crippen molar-refractivity contribution in [1.82, 2.24) is 0 Å². The van der Waals surface area contributed by atoms with Crippen LogP contribution in [0, 0.1) is 0 Å². The van der Waals surface area contributed by atoms with Crippen LogP contribution in [-0.2, 0) is 21.6 Å². The Morgan fingerprint density at radius 1 is 1.00 bits per heavy atom. The number of unbranched alkanes of at least 4 members (excludes halogenated alkanes) is 6. The Bertz CT molecular complexity index is 121. The third kappa shape index (κ3) is 18.0. The van der Waals surface area contributed by atoms with Gasteiger partial charge in [-0.2, -0.15) is 0 Å². The number of carboxylic acid groups (broad SMARTS) is 1. The predicted molar refractivity (Wildman–Crippen MR) is 60.2 cm³/mol. The Hall–Kier alpha value is 0.0414. The fourth-order valence-electron chi connectivity index (χ4n) is 1.23. The third-order valence-electron chi connectivity index (χ3n) is 1.99. The number of carbonyl (C=O) groups is 1. The van der Waals surface area contributed by atoms with Crippen molar-refractivity contribution in [3.63, 3.8) is 0 Å². The van der Waals surface area contributed by atoms with E-state index in [-0.39, 0.29) is 25.2 Å². The van der Waals surface area contributed by atoms with Crippen LogP contribution >= 0.6 is 0 Å². The molecule has 0 unspecified atom stereocenters. The summed E-state index contributed by atoms with van der Waals surface area (Å²) in [6.45, 7) is 2.20. The summed E-state index contributed by atoms with van der Waals surface area (Å²) in [5.74, 6) is -0.663. The van der Waals surface area contributed by atoms with E-state index < -0.39 is 5.97 Å². The zero-order valence-electron chi connectivity index (χ0n) is 8.35. The van der Waals surface area contributed by atoms with Crippen LogP contribution in [0.15, 0.2) is 0 Å². The van der Waals surface area contributed by atoms with Crippen LogP contribution in [0.3, 0.4) is 0 Å². The molecule has 0 aliphatic heterocycles. The summed E-state index contributed by atoms with van der Waals surface area (Å²) in [5, 5.41) is 8.35. The van der Waals surface area contributed by atoms with Gasteiger partial charge >= 0.3 is 5.97 Å². The first-order chi connectivity index (χ1) is 5.77. The van der Waals surface area contributed by atoms with Gasteiger partial charge in [0, 0.05) is 23.2 Å². The van der Waals surface area contributed by atoms with Crippen molar-refractivity contribution in [2.45, 2.75) is 58.3 Å². The van der Waals surface area contributed by atoms with E-state index in [2.05, 4.69) is 6.92 Å². The van der Waals surface area contributed by atoms with Crippen molar-refractivity contribution in [1.29, 1.82) is 0 Å². The molecule has 0 atom stereocenters. The van der Waals surface area contributed by atoms with Crippen LogP contribution < -0.4 is 0 Å². The molecule has 0 heterocycles. The standard InChI is InChI=1S/C10H20O2.BH3.Co/c1-2-3-4-5-6-7-8-9-10(11)12;;/h2-9H2,1H3,(H,11,12);1H3;. The van der Waals surface area contributed by atoms with Crippen molar-refractivity contribution < 1.29 is 26.7 Å². The van der Waals surface area contributed by atoms with Gasteiger partial charge in [-0.25, -0.2) is 0 Å². The minimum absolute atomic E-state index is 0. The Balaban J connectivity index is -0.000000605. The van der Waals surface area contributed by atoms with E-state index in [9.17, 15) is 4.79 Å². The van der Waals surface area contributed by atoms with Gasteiger partial charge < -0.3 is 5.11 Å². The first-order valence-corrected chi connectivity index (χ1v) is 4.99. The minimum Gasteiger partial charge on any atom is -0.481 e. The number of rotatable bonds is 8. The third-order valence-corrected chi connectivity index (χ3v) is 1.99. The van der Waals surface area contributed by atoms with Gasteiger partial charge in [0.25, 0.3) is 0 Å². The Kier molecular flexibility index (Phi) is 21.7. The molecule has 0 saturated heterocycles. The van der Waals surface area contributed by atoms with E-state index in [0.29, 0.717) is 6.42 Å². The average molecular weight is 245 g/mol. The van der Waals surface area contributed by atoms with Crippen LogP contribution in [-0.4, -0.2) is 19.5 Å². The number of hydrogen-bond donors (Lipinski definition) is 1. The topological polar surface area (TPSA) is 37.3 Å². The Morgan fingerprint density at radius 3 is 1.86 bits per heavy atom. The molecule has 0 amide bonds. The Labute approximate surface area is 99.6 Å². The monoisotopic (exact) mass is 245 g/mol. The molecule has 14 heavy (non-hydrogen) atoms. The summed E-state index contributed by atoms with van der Waals surface area (Å²) >= 11 is 0. The fraction of sp³-hybridized carbons (Fsp3) is 0.900. The van der Waals surface area contributed by atoms with E-state index in [1.807, 2.05) is 0 Å². The average Bonchev–Trinajstić information content (AvgIpc) is 2.02. The molecule has 1 radical (unpaired) electrons. The van der Waals surface area contributed by atoms with E-state index in [4.69, 9.17) is 5.11 Å². The summed E-state index contributed by atoms with van der Waals surface area (Å²) < 4.78 is 0. The second-order valence-electron chi connectivity index (χ2n) is 3.27. The zero-order chi connectivity index (χ0) is 9.23. The number of carboxylic acids is 1. The van der Waals surface area contributed by atoms with Gasteiger partial charge in [-0.3, -0.25) is 4.79 Å².